The summed E-state index contributed by atoms with van der Waals surface area (Å²) in [6, 6.07) is -2.16. The summed E-state index contributed by atoms with van der Waals surface area (Å²) in [6.45, 7) is 0. The van der Waals surface area contributed by atoms with Crippen LogP contribution >= 0.6 is 7.60 Å². The minimum atomic E-state index is -4.60. The van der Waals surface area contributed by atoms with Crippen molar-refractivity contribution in [2.45, 2.75) is 6.04 Å². The average Bonchev–Trinajstić information content (AvgIpc) is 1.98. The van der Waals surface area contributed by atoms with E-state index >= 15 is 0 Å². The van der Waals surface area contributed by atoms with E-state index in [0.29, 0.717) is 0 Å². The lowest BCUT2D eigenvalue weighted by molar-refractivity contribution is -0.190. The number of carboxylic acid groups (broad SMARTS) is 2. The predicted octanol–water partition coefficient (Wildman–Crippen LogP) is -1.48. The van der Waals surface area contributed by atoms with E-state index in [-0.39, 0.29) is 5.06 Å². The van der Waals surface area contributed by atoms with Gasteiger partial charge in [-0.25, -0.2) is 9.59 Å². The summed E-state index contributed by atoms with van der Waals surface area (Å²) in [5.41, 5.74) is 0. The van der Waals surface area contributed by atoms with Gasteiger partial charge in [-0.2, -0.15) is 5.06 Å². The van der Waals surface area contributed by atoms with Crippen molar-refractivity contribution in [2.75, 3.05) is 13.4 Å². The molecule has 0 atom stereocenters. The second kappa shape index (κ2) is 5.19. The molecule has 0 spiro atoms. The van der Waals surface area contributed by atoms with E-state index in [1.54, 1.807) is 0 Å². The summed E-state index contributed by atoms with van der Waals surface area (Å²) in [5, 5.41) is 17.2. The third-order valence-corrected chi connectivity index (χ3v) is 1.96. The third-order valence-electron chi connectivity index (χ3n) is 1.31. The van der Waals surface area contributed by atoms with Crippen molar-refractivity contribution in [3.63, 3.8) is 0 Å². The highest BCUT2D eigenvalue weighted by molar-refractivity contribution is 7.51. The standard InChI is InChI=1S/C5H10NO8P/c1-14-6(2-15(11,12)13)3(4(7)8)5(9)10/h3H,2H2,1H3,(H,7,8)(H,9,10)(H2,11,12,13). The quantitative estimate of drug-likeness (QED) is 0.249. The molecule has 0 bridgehead atoms. The van der Waals surface area contributed by atoms with Crippen LogP contribution in [-0.4, -0.2) is 56.4 Å². The number of hydroxylamine groups is 2. The zero-order chi connectivity index (χ0) is 12.2. The Bertz CT molecular complexity index is 283. The van der Waals surface area contributed by atoms with Crippen molar-refractivity contribution in [2.24, 2.45) is 0 Å². The molecule has 0 aromatic rings. The first-order chi connectivity index (χ1) is 6.69. The van der Waals surface area contributed by atoms with Crippen LogP contribution in [0.1, 0.15) is 0 Å². The van der Waals surface area contributed by atoms with Crippen LogP contribution in [0.4, 0.5) is 0 Å². The molecule has 9 nitrogen and oxygen atoms in total. The number of hydrogen-bond donors (Lipinski definition) is 4. The van der Waals surface area contributed by atoms with Crippen LogP contribution in [0, 0.1) is 0 Å². The molecule has 0 aliphatic rings. The minimum Gasteiger partial charge on any atom is -0.480 e. The molecule has 4 N–H and O–H groups in total. The van der Waals surface area contributed by atoms with E-state index in [1.165, 1.54) is 0 Å². The van der Waals surface area contributed by atoms with Crippen LogP contribution < -0.4 is 0 Å². The van der Waals surface area contributed by atoms with Gasteiger partial charge in [0, 0.05) is 0 Å². The highest BCUT2D eigenvalue weighted by Gasteiger charge is 2.36. The summed E-state index contributed by atoms with van der Waals surface area (Å²) in [5.74, 6) is -3.56. The van der Waals surface area contributed by atoms with Crippen LogP contribution in [0.15, 0.2) is 0 Å². The SMILES string of the molecule is CON(CP(=O)(O)O)C(C(=O)O)C(=O)O. The van der Waals surface area contributed by atoms with Gasteiger partial charge in [0.1, 0.15) is 6.29 Å². The molecule has 0 amide bonds. The Hall–Kier alpha value is -0.990. The molecule has 15 heavy (non-hydrogen) atoms. The summed E-state index contributed by atoms with van der Waals surface area (Å²) in [4.78, 5) is 42.3. The Balaban J connectivity index is 4.84. The number of rotatable bonds is 6. The van der Waals surface area contributed by atoms with Crippen molar-refractivity contribution in [3.05, 3.63) is 0 Å². The van der Waals surface area contributed by atoms with Crippen molar-refractivity contribution in [1.82, 2.24) is 5.06 Å². The zero-order valence-electron chi connectivity index (χ0n) is 7.60. The number of hydrogen-bond acceptors (Lipinski definition) is 5. The molecule has 0 saturated carbocycles. The van der Waals surface area contributed by atoms with Gasteiger partial charge in [-0.05, 0) is 0 Å². The van der Waals surface area contributed by atoms with Crippen LogP contribution in [0.2, 0.25) is 0 Å². The Morgan fingerprint density at radius 1 is 1.33 bits per heavy atom. The van der Waals surface area contributed by atoms with Gasteiger partial charge in [0.25, 0.3) is 0 Å². The van der Waals surface area contributed by atoms with E-state index in [9.17, 15) is 14.2 Å². The largest absolute Gasteiger partial charge is 0.480 e. The molecule has 0 unspecified atom stereocenters. The third kappa shape index (κ3) is 4.86. The van der Waals surface area contributed by atoms with E-state index in [4.69, 9.17) is 20.0 Å². The maximum Gasteiger partial charge on any atom is 0.341 e. The van der Waals surface area contributed by atoms with Gasteiger partial charge < -0.3 is 24.8 Å². The van der Waals surface area contributed by atoms with Crippen LogP contribution in [0.25, 0.3) is 0 Å². The first-order valence-corrected chi connectivity index (χ1v) is 5.29. The molecular weight excluding hydrogens is 233 g/mol. The molecule has 0 aliphatic heterocycles. The second-order valence-electron chi connectivity index (χ2n) is 2.48. The summed E-state index contributed by atoms with van der Waals surface area (Å²) in [6.07, 6.45) is -1.12. The molecule has 0 radical (unpaired) electrons. The van der Waals surface area contributed by atoms with Gasteiger partial charge >= 0.3 is 19.5 Å². The van der Waals surface area contributed by atoms with Gasteiger partial charge in [-0.15, -0.1) is 0 Å². The average molecular weight is 243 g/mol. The van der Waals surface area contributed by atoms with Gasteiger partial charge in [0.15, 0.2) is 0 Å². The maximum absolute atomic E-state index is 10.5. The Kier molecular flexibility index (Phi) is 4.85. The first kappa shape index (κ1) is 14.0. The van der Waals surface area contributed by atoms with Crippen LogP contribution in [0.3, 0.4) is 0 Å². The van der Waals surface area contributed by atoms with E-state index in [0.717, 1.165) is 7.11 Å². The molecule has 88 valence electrons. The highest BCUT2D eigenvalue weighted by Crippen LogP contribution is 2.35. The first-order valence-electron chi connectivity index (χ1n) is 3.50. The lowest BCUT2D eigenvalue weighted by Crippen LogP contribution is -2.46. The number of aliphatic carboxylic acids is 2. The topological polar surface area (TPSA) is 145 Å². The summed E-state index contributed by atoms with van der Waals surface area (Å²) < 4.78 is 10.5. The van der Waals surface area contributed by atoms with Crippen molar-refractivity contribution in [3.8, 4) is 0 Å². The van der Waals surface area contributed by atoms with E-state index in [2.05, 4.69) is 4.84 Å². The molecule has 0 saturated heterocycles. The molecule has 0 aliphatic carbocycles. The lowest BCUT2D eigenvalue weighted by atomic mass is 10.3. The fourth-order valence-corrected chi connectivity index (χ4v) is 1.42. The Labute approximate surface area is 84.0 Å². The van der Waals surface area contributed by atoms with Gasteiger partial charge in [-0.1, -0.05) is 0 Å². The van der Waals surface area contributed by atoms with E-state index in [1.807, 2.05) is 0 Å². The van der Waals surface area contributed by atoms with Crippen molar-refractivity contribution < 1.29 is 39.0 Å². The summed E-state index contributed by atoms with van der Waals surface area (Å²) in [7, 11) is -3.69. The molecule has 0 rings (SSSR count). The fraction of sp³-hybridized carbons (Fsp3) is 0.600. The number of carbonyl (C=O) groups is 2. The number of carboxylic acids is 2. The number of nitrogens with zero attached hydrogens (tertiary/aromatic N) is 1. The van der Waals surface area contributed by atoms with Gasteiger partial charge in [0.2, 0.25) is 6.04 Å². The Morgan fingerprint density at radius 3 is 1.93 bits per heavy atom. The van der Waals surface area contributed by atoms with Crippen LogP contribution in [0.5, 0.6) is 0 Å². The molecule has 10 heteroatoms. The van der Waals surface area contributed by atoms with Gasteiger partial charge in [-0.3, -0.25) is 4.57 Å². The van der Waals surface area contributed by atoms with Crippen molar-refractivity contribution in [1.29, 1.82) is 0 Å². The fourth-order valence-electron chi connectivity index (χ4n) is 0.778. The van der Waals surface area contributed by atoms with Gasteiger partial charge in [0.05, 0.1) is 7.11 Å². The molecule has 0 heterocycles. The smallest absolute Gasteiger partial charge is 0.341 e. The maximum atomic E-state index is 10.5. The molecular formula is C5H10NO8P. The minimum absolute atomic E-state index is 0.186. The predicted molar refractivity (Wildman–Crippen MR) is 44.8 cm³/mol. The molecule has 0 fully saturated rings. The molecule has 0 aromatic carbocycles. The highest BCUT2D eigenvalue weighted by atomic mass is 31.2. The Morgan fingerprint density at radius 2 is 1.73 bits per heavy atom. The lowest BCUT2D eigenvalue weighted by Gasteiger charge is -2.23. The van der Waals surface area contributed by atoms with Crippen molar-refractivity contribution >= 4 is 19.5 Å². The van der Waals surface area contributed by atoms with Crippen LogP contribution in [-0.2, 0) is 19.0 Å². The molecule has 0 aromatic heterocycles. The van der Waals surface area contributed by atoms with E-state index < -0.39 is 31.9 Å². The zero-order valence-corrected chi connectivity index (χ0v) is 8.50. The summed E-state index contributed by atoms with van der Waals surface area (Å²) >= 11 is 0. The normalized spacial score (nSPS) is 12.1. The monoisotopic (exact) mass is 243 g/mol. The second-order valence-corrected chi connectivity index (χ2v) is 4.10.